The van der Waals surface area contributed by atoms with E-state index in [1.165, 1.54) is 11.0 Å². The van der Waals surface area contributed by atoms with Crippen molar-refractivity contribution in [1.29, 1.82) is 0 Å². The Morgan fingerprint density at radius 1 is 1.00 bits per heavy atom. The minimum atomic E-state index is -0.684. The van der Waals surface area contributed by atoms with Crippen LogP contribution >= 0.6 is 0 Å². The molecule has 3 rings (SSSR count). The van der Waals surface area contributed by atoms with Crippen molar-refractivity contribution in [3.8, 4) is 0 Å². The fraction of sp³-hybridized carbons (Fsp3) is 0.318. The third kappa shape index (κ3) is 6.77. The van der Waals surface area contributed by atoms with E-state index >= 15 is 0 Å². The van der Waals surface area contributed by atoms with Gasteiger partial charge in [0.05, 0.1) is 25.9 Å². The summed E-state index contributed by atoms with van der Waals surface area (Å²) >= 11 is 0. The molecule has 30 heavy (non-hydrogen) atoms. The molecular formula is C22H26N4O4. The van der Waals surface area contributed by atoms with E-state index in [0.29, 0.717) is 19.8 Å². The highest BCUT2D eigenvalue weighted by Gasteiger charge is 2.20. The van der Waals surface area contributed by atoms with Crippen LogP contribution in [0.5, 0.6) is 0 Å². The van der Waals surface area contributed by atoms with Crippen LogP contribution in [0, 0.1) is 0 Å². The van der Waals surface area contributed by atoms with Crippen molar-refractivity contribution < 1.29 is 19.0 Å². The lowest BCUT2D eigenvalue weighted by Gasteiger charge is -2.24. The number of carbonyl (C=O) groups excluding carboxylic acids is 1. The number of primary amides is 1. The second-order valence-electron chi connectivity index (χ2n) is 6.81. The molecule has 2 aromatic carbocycles. The predicted octanol–water partition coefficient (Wildman–Crippen LogP) is 2.54. The number of hydrogen-bond donors (Lipinski definition) is 1. The molecule has 8 nitrogen and oxygen atoms in total. The largest absolute Gasteiger partial charge is 0.374 e. The summed E-state index contributed by atoms with van der Waals surface area (Å²) < 4.78 is 19.2. The van der Waals surface area contributed by atoms with E-state index in [1.807, 2.05) is 67.6 Å². The van der Waals surface area contributed by atoms with Gasteiger partial charge < -0.3 is 19.9 Å². The normalized spacial score (nSPS) is 13.1. The molecule has 0 saturated carbocycles. The third-order valence-electron chi connectivity index (χ3n) is 4.45. The average Bonchev–Trinajstić information content (AvgIpc) is 3.25. The van der Waals surface area contributed by atoms with Gasteiger partial charge >= 0.3 is 0 Å². The van der Waals surface area contributed by atoms with Gasteiger partial charge in [-0.25, -0.2) is 9.67 Å². The average molecular weight is 410 g/mol. The van der Waals surface area contributed by atoms with Crippen molar-refractivity contribution >= 4 is 5.91 Å². The van der Waals surface area contributed by atoms with Gasteiger partial charge in [0, 0.05) is 0 Å². The zero-order valence-electron chi connectivity index (χ0n) is 16.9. The Bertz CT molecular complexity index is 902. The van der Waals surface area contributed by atoms with Crippen LogP contribution < -0.4 is 5.73 Å². The number of ether oxygens (including phenoxy) is 3. The summed E-state index contributed by atoms with van der Waals surface area (Å²) in [6.45, 7) is 3.31. The predicted molar refractivity (Wildman–Crippen MR) is 110 cm³/mol. The standard InChI is InChI=1S/C22H26N4O4/c1-17(29-13-19-10-6-3-7-11-19)20(14-28-12-18-8-4-2-5-9-18)30-16-26-15-24-22(25-26)21(23)27/h2-11,15,17,20H,12-14,16H2,1H3,(H2,23,27). The van der Waals surface area contributed by atoms with Gasteiger partial charge in [0.2, 0.25) is 5.82 Å². The first-order chi connectivity index (χ1) is 14.6. The monoisotopic (exact) mass is 410 g/mol. The van der Waals surface area contributed by atoms with E-state index in [-0.39, 0.29) is 24.8 Å². The molecule has 2 unspecified atom stereocenters. The highest BCUT2D eigenvalue weighted by atomic mass is 16.6. The van der Waals surface area contributed by atoms with Gasteiger partial charge in [-0.3, -0.25) is 4.79 Å². The van der Waals surface area contributed by atoms with Crippen LogP contribution in [0.25, 0.3) is 0 Å². The summed E-state index contributed by atoms with van der Waals surface area (Å²) in [5.41, 5.74) is 7.35. The van der Waals surface area contributed by atoms with Crippen molar-refractivity contribution in [3.63, 3.8) is 0 Å². The Kier molecular flexibility index (Phi) is 8.08. The summed E-state index contributed by atoms with van der Waals surface area (Å²) in [7, 11) is 0. The molecule has 0 saturated heterocycles. The van der Waals surface area contributed by atoms with Crippen LogP contribution in [-0.4, -0.2) is 39.5 Å². The number of carbonyl (C=O) groups is 1. The van der Waals surface area contributed by atoms with Gasteiger partial charge in [-0.2, -0.15) is 0 Å². The van der Waals surface area contributed by atoms with Crippen molar-refractivity contribution in [2.45, 2.75) is 39.1 Å². The highest BCUT2D eigenvalue weighted by Crippen LogP contribution is 2.11. The molecule has 2 N–H and O–H groups in total. The van der Waals surface area contributed by atoms with E-state index in [2.05, 4.69) is 10.1 Å². The van der Waals surface area contributed by atoms with E-state index in [4.69, 9.17) is 19.9 Å². The fourth-order valence-electron chi connectivity index (χ4n) is 2.74. The quantitative estimate of drug-likeness (QED) is 0.492. The number of amides is 1. The Hall–Kier alpha value is -3.07. The topological polar surface area (TPSA) is 101 Å². The Morgan fingerprint density at radius 3 is 2.23 bits per heavy atom. The minimum absolute atomic E-state index is 0.0520. The number of rotatable bonds is 12. The van der Waals surface area contributed by atoms with Crippen molar-refractivity contribution in [2.24, 2.45) is 5.73 Å². The lowest BCUT2D eigenvalue weighted by molar-refractivity contribution is -0.123. The van der Waals surface area contributed by atoms with E-state index < -0.39 is 5.91 Å². The first-order valence-electron chi connectivity index (χ1n) is 9.70. The van der Waals surface area contributed by atoms with E-state index in [0.717, 1.165) is 11.1 Å². The smallest absolute Gasteiger partial charge is 0.288 e. The summed E-state index contributed by atoms with van der Waals surface area (Å²) in [6.07, 6.45) is 0.816. The molecule has 158 valence electrons. The van der Waals surface area contributed by atoms with Gasteiger partial charge in [-0.15, -0.1) is 5.10 Å². The van der Waals surface area contributed by atoms with Gasteiger partial charge in [-0.05, 0) is 18.1 Å². The zero-order chi connectivity index (χ0) is 21.2. The molecule has 3 aromatic rings. The maximum Gasteiger partial charge on any atom is 0.288 e. The number of nitrogens with two attached hydrogens (primary N) is 1. The SMILES string of the molecule is CC(OCc1ccccc1)C(COCc1ccccc1)OCn1cnc(C(N)=O)n1. The second kappa shape index (κ2) is 11.2. The molecule has 0 spiro atoms. The molecule has 0 fully saturated rings. The van der Waals surface area contributed by atoms with Gasteiger partial charge in [-0.1, -0.05) is 60.7 Å². The Labute approximate surface area is 175 Å². The summed E-state index contributed by atoms with van der Waals surface area (Å²) in [6, 6.07) is 19.9. The molecule has 0 bridgehead atoms. The molecule has 1 amide bonds. The van der Waals surface area contributed by atoms with Gasteiger partial charge in [0.25, 0.3) is 5.91 Å². The number of aromatic nitrogens is 3. The van der Waals surface area contributed by atoms with Gasteiger partial charge in [0.1, 0.15) is 19.2 Å². The molecule has 0 aliphatic rings. The zero-order valence-corrected chi connectivity index (χ0v) is 16.9. The lowest BCUT2D eigenvalue weighted by Crippen LogP contribution is -2.34. The molecule has 2 atom stereocenters. The van der Waals surface area contributed by atoms with Crippen LogP contribution in [0.15, 0.2) is 67.0 Å². The summed E-state index contributed by atoms with van der Waals surface area (Å²) in [5.74, 6) is -0.736. The van der Waals surface area contributed by atoms with Crippen molar-refractivity contribution in [3.05, 3.63) is 83.9 Å². The maximum atomic E-state index is 11.2. The summed E-state index contributed by atoms with van der Waals surface area (Å²) in [5, 5.41) is 3.99. The van der Waals surface area contributed by atoms with Crippen LogP contribution in [0.3, 0.4) is 0 Å². The first-order valence-corrected chi connectivity index (χ1v) is 9.70. The van der Waals surface area contributed by atoms with Gasteiger partial charge in [0.15, 0.2) is 0 Å². The lowest BCUT2D eigenvalue weighted by atomic mass is 10.2. The van der Waals surface area contributed by atoms with Crippen LogP contribution in [0.4, 0.5) is 0 Å². The molecular weight excluding hydrogens is 384 g/mol. The molecule has 1 aromatic heterocycles. The van der Waals surface area contributed by atoms with E-state index in [1.54, 1.807) is 0 Å². The second-order valence-corrected chi connectivity index (χ2v) is 6.81. The van der Waals surface area contributed by atoms with Crippen LogP contribution in [-0.2, 0) is 34.2 Å². The third-order valence-corrected chi connectivity index (χ3v) is 4.45. The van der Waals surface area contributed by atoms with Crippen molar-refractivity contribution in [2.75, 3.05) is 6.61 Å². The molecule has 0 radical (unpaired) electrons. The summed E-state index contributed by atoms with van der Waals surface area (Å²) in [4.78, 5) is 15.0. The molecule has 0 aliphatic carbocycles. The van der Waals surface area contributed by atoms with E-state index in [9.17, 15) is 4.79 Å². The number of nitrogens with zero attached hydrogens (tertiary/aromatic N) is 3. The maximum absolute atomic E-state index is 11.2. The first kappa shape index (κ1) is 21.6. The van der Waals surface area contributed by atoms with Crippen LogP contribution in [0.2, 0.25) is 0 Å². The van der Waals surface area contributed by atoms with Crippen LogP contribution in [0.1, 0.15) is 28.7 Å². The minimum Gasteiger partial charge on any atom is -0.374 e. The molecule has 8 heteroatoms. The Morgan fingerprint density at radius 2 is 1.63 bits per heavy atom. The number of hydrogen-bond acceptors (Lipinski definition) is 6. The molecule has 1 heterocycles. The highest BCUT2D eigenvalue weighted by molar-refractivity contribution is 5.88. The molecule has 0 aliphatic heterocycles. The fourth-order valence-corrected chi connectivity index (χ4v) is 2.74. The van der Waals surface area contributed by atoms with Crippen molar-refractivity contribution in [1.82, 2.24) is 14.8 Å². The Balaban J connectivity index is 1.56. The number of benzene rings is 2.